The van der Waals surface area contributed by atoms with Gasteiger partial charge in [0.25, 0.3) is 0 Å². The van der Waals surface area contributed by atoms with E-state index in [1.54, 1.807) is 12.5 Å². The van der Waals surface area contributed by atoms with Crippen molar-refractivity contribution in [2.75, 3.05) is 19.0 Å². The zero-order chi connectivity index (χ0) is 15.9. The summed E-state index contributed by atoms with van der Waals surface area (Å²) in [6, 6.07) is -0.00836. The molecule has 1 atom stereocenters. The van der Waals surface area contributed by atoms with Gasteiger partial charge in [-0.3, -0.25) is 0 Å². The molecule has 0 radical (unpaired) electrons. The Morgan fingerprint density at radius 1 is 1.36 bits per heavy atom. The Hall–Kier alpha value is -1.93. The third-order valence-electron chi connectivity index (χ3n) is 3.37. The predicted molar refractivity (Wildman–Crippen MR) is 87.5 cm³/mol. The predicted octanol–water partition coefficient (Wildman–Crippen LogP) is 2.46. The van der Waals surface area contributed by atoms with Gasteiger partial charge in [0.1, 0.15) is 11.2 Å². The average Bonchev–Trinajstić information content (AvgIpc) is 3.16. The van der Waals surface area contributed by atoms with Gasteiger partial charge >= 0.3 is 0 Å². The molecule has 1 unspecified atom stereocenters. The van der Waals surface area contributed by atoms with Gasteiger partial charge in [0.15, 0.2) is 21.9 Å². The molecule has 3 aromatic heterocycles. The first-order valence-corrected chi connectivity index (χ1v) is 7.89. The minimum absolute atomic E-state index is 0.00836. The highest BCUT2D eigenvalue weighted by Gasteiger charge is 2.21. The van der Waals surface area contributed by atoms with E-state index in [1.165, 1.54) is 11.3 Å². The van der Waals surface area contributed by atoms with Gasteiger partial charge in [-0.15, -0.1) is 10.2 Å². The van der Waals surface area contributed by atoms with Gasteiger partial charge in [-0.1, -0.05) is 22.9 Å². The first-order chi connectivity index (χ1) is 10.5. The summed E-state index contributed by atoms with van der Waals surface area (Å²) in [6.07, 6.45) is 5.36. The number of anilines is 1. The Morgan fingerprint density at radius 2 is 2.14 bits per heavy atom. The minimum atomic E-state index is -0.00836. The Morgan fingerprint density at radius 3 is 2.73 bits per heavy atom. The lowest BCUT2D eigenvalue weighted by Crippen LogP contribution is -2.12. The van der Waals surface area contributed by atoms with Crippen molar-refractivity contribution in [3.8, 4) is 10.7 Å². The van der Waals surface area contributed by atoms with Crippen LogP contribution in [-0.2, 0) is 7.05 Å². The van der Waals surface area contributed by atoms with E-state index in [0.717, 1.165) is 21.7 Å². The number of imidazole rings is 1. The fraction of sp³-hybridized carbons (Fsp3) is 0.385. The van der Waals surface area contributed by atoms with Gasteiger partial charge < -0.3 is 14.0 Å². The molecule has 7 nitrogen and oxygen atoms in total. The van der Waals surface area contributed by atoms with E-state index in [4.69, 9.17) is 11.6 Å². The lowest BCUT2D eigenvalue weighted by Gasteiger charge is -2.14. The molecule has 0 aliphatic heterocycles. The summed E-state index contributed by atoms with van der Waals surface area (Å²) in [6.45, 7) is 2.05. The van der Waals surface area contributed by atoms with Crippen molar-refractivity contribution in [1.82, 2.24) is 29.3 Å². The number of rotatable bonds is 4. The topological polar surface area (TPSA) is 64.7 Å². The largest absolute Gasteiger partial charge is 0.354 e. The Kier molecular flexibility index (Phi) is 3.88. The molecule has 116 valence electrons. The number of thiazole rings is 1. The van der Waals surface area contributed by atoms with E-state index < -0.39 is 0 Å². The molecule has 0 saturated carbocycles. The van der Waals surface area contributed by atoms with Crippen molar-refractivity contribution in [3.05, 3.63) is 29.7 Å². The monoisotopic (exact) mass is 337 g/mol. The molecule has 0 fully saturated rings. The van der Waals surface area contributed by atoms with E-state index in [1.807, 2.05) is 41.4 Å². The molecule has 9 heteroatoms. The normalized spacial score (nSPS) is 12.6. The zero-order valence-electron chi connectivity index (χ0n) is 12.7. The summed E-state index contributed by atoms with van der Waals surface area (Å²) in [5, 5.41) is 9.42. The number of hydrogen-bond donors (Lipinski definition) is 0. The summed E-state index contributed by atoms with van der Waals surface area (Å²) < 4.78 is 3.93. The van der Waals surface area contributed by atoms with Crippen LogP contribution < -0.4 is 4.90 Å². The number of aryl methyl sites for hydroxylation is 1. The molecular weight excluding hydrogens is 322 g/mol. The Balaban J connectivity index is 2.04. The van der Waals surface area contributed by atoms with Crippen LogP contribution in [0.4, 0.5) is 5.13 Å². The smallest absolute Gasteiger partial charge is 0.186 e. The highest BCUT2D eigenvalue weighted by molar-refractivity contribution is 7.19. The molecule has 0 aromatic carbocycles. The minimum Gasteiger partial charge on any atom is -0.354 e. The molecular formula is C13H16ClN7S. The lowest BCUT2D eigenvalue weighted by atomic mass is 10.3. The second-order valence-electron chi connectivity index (χ2n) is 5.14. The zero-order valence-corrected chi connectivity index (χ0v) is 14.3. The van der Waals surface area contributed by atoms with Crippen molar-refractivity contribution in [1.29, 1.82) is 0 Å². The summed E-state index contributed by atoms with van der Waals surface area (Å²) in [4.78, 5) is 11.6. The molecule has 3 heterocycles. The lowest BCUT2D eigenvalue weighted by molar-refractivity contribution is 0.579. The standard InChI is InChI=1S/C13H16ClN7S/c1-8(11-18-16-7-20(11)4)21-6-5-15-12(21)9-10(14)17-13(22-9)19(2)3/h5-8H,1-4H3. The summed E-state index contributed by atoms with van der Waals surface area (Å²) in [7, 11) is 5.80. The Labute approximate surface area is 137 Å². The fourth-order valence-electron chi connectivity index (χ4n) is 2.22. The van der Waals surface area contributed by atoms with Gasteiger partial charge in [0.05, 0.1) is 6.04 Å². The van der Waals surface area contributed by atoms with Gasteiger partial charge in [0, 0.05) is 33.5 Å². The molecule has 3 aromatic rings. The number of hydrogen-bond acceptors (Lipinski definition) is 6. The van der Waals surface area contributed by atoms with Gasteiger partial charge in [0.2, 0.25) is 0 Å². The second-order valence-corrected chi connectivity index (χ2v) is 6.48. The quantitative estimate of drug-likeness (QED) is 0.731. The van der Waals surface area contributed by atoms with Crippen LogP contribution in [0.2, 0.25) is 5.15 Å². The van der Waals surface area contributed by atoms with E-state index in [-0.39, 0.29) is 6.04 Å². The van der Waals surface area contributed by atoms with Gasteiger partial charge in [-0.05, 0) is 6.92 Å². The van der Waals surface area contributed by atoms with Gasteiger partial charge in [-0.2, -0.15) is 0 Å². The highest BCUT2D eigenvalue weighted by atomic mass is 35.5. The molecule has 0 spiro atoms. The van der Waals surface area contributed by atoms with Crippen LogP contribution in [-0.4, -0.2) is 43.4 Å². The van der Waals surface area contributed by atoms with E-state index in [9.17, 15) is 0 Å². The molecule has 0 aliphatic carbocycles. The Bertz CT molecular complexity index is 788. The first-order valence-electron chi connectivity index (χ1n) is 6.69. The maximum atomic E-state index is 6.30. The van der Waals surface area contributed by atoms with E-state index >= 15 is 0 Å². The van der Waals surface area contributed by atoms with Crippen molar-refractivity contribution in [2.45, 2.75) is 13.0 Å². The van der Waals surface area contributed by atoms with Crippen molar-refractivity contribution >= 4 is 28.1 Å². The van der Waals surface area contributed by atoms with Crippen LogP contribution in [0.1, 0.15) is 18.8 Å². The molecule has 0 aliphatic rings. The summed E-state index contributed by atoms with van der Waals surface area (Å²) in [5.41, 5.74) is 0. The number of halogens is 1. The van der Waals surface area contributed by atoms with Gasteiger partial charge in [-0.25, -0.2) is 9.97 Å². The molecule has 0 bridgehead atoms. The van der Waals surface area contributed by atoms with Crippen molar-refractivity contribution in [3.63, 3.8) is 0 Å². The van der Waals surface area contributed by atoms with E-state index in [2.05, 4.69) is 27.1 Å². The van der Waals surface area contributed by atoms with Crippen LogP contribution in [0.15, 0.2) is 18.7 Å². The number of nitrogens with zero attached hydrogens (tertiary/aromatic N) is 7. The molecule has 0 N–H and O–H groups in total. The second kappa shape index (κ2) is 5.69. The fourth-order valence-corrected chi connectivity index (χ4v) is 3.43. The third-order valence-corrected chi connectivity index (χ3v) is 4.97. The summed E-state index contributed by atoms with van der Waals surface area (Å²) >= 11 is 7.81. The average molecular weight is 338 g/mol. The van der Waals surface area contributed by atoms with E-state index in [0.29, 0.717) is 5.15 Å². The van der Waals surface area contributed by atoms with Crippen LogP contribution >= 0.6 is 22.9 Å². The summed E-state index contributed by atoms with van der Waals surface area (Å²) in [5.74, 6) is 1.64. The number of aromatic nitrogens is 6. The van der Waals surface area contributed by atoms with Crippen molar-refractivity contribution < 1.29 is 0 Å². The van der Waals surface area contributed by atoms with Crippen LogP contribution in [0.25, 0.3) is 10.7 Å². The van der Waals surface area contributed by atoms with Crippen LogP contribution in [0, 0.1) is 0 Å². The van der Waals surface area contributed by atoms with Crippen LogP contribution in [0.3, 0.4) is 0 Å². The highest BCUT2D eigenvalue weighted by Crippen LogP contribution is 2.37. The van der Waals surface area contributed by atoms with Crippen molar-refractivity contribution in [2.24, 2.45) is 7.05 Å². The van der Waals surface area contributed by atoms with Crippen LogP contribution in [0.5, 0.6) is 0 Å². The maximum Gasteiger partial charge on any atom is 0.186 e. The molecule has 0 amide bonds. The first kappa shape index (κ1) is 15.0. The molecule has 3 rings (SSSR count). The molecule has 0 saturated heterocycles. The SMILES string of the molecule is CC(c1nncn1C)n1ccnc1-c1sc(N(C)C)nc1Cl. The maximum absolute atomic E-state index is 6.30. The molecule has 22 heavy (non-hydrogen) atoms. The third kappa shape index (κ3) is 2.48.